The standard InChI is InChI=1S/C13H17N3O3/c1-3-15-7-8-16(9(2)12(15)17)11-6-4-5-10(14-11)13(18)19/h4-6,9H,3,7-8H2,1-2H3,(H,18,19). The first-order chi connectivity index (χ1) is 9.04. The van der Waals surface area contributed by atoms with E-state index in [1.807, 2.05) is 18.7 Å². The van der Waals surface area contributed by atoms with Gasteiger partial charge in [-0.2, -0.15) is 0 Å². The van der Waals surface area contributed by atoms with Crippen molar-refractivity contribution >= 4 is 17.7 Å². The van der Waals surface area contributed by atoms with Crippen LogP contribution < -0.4 is 4.90 Å². The van der Waals surface area contributed by atoms with Crippen LogP contribution in [-0.2, 0) is 4.79 Å². The van der Waals surface area contributed by atoms with E-state index in [1.54, 1.807) is 17.0 Å². The summed E-state index contributed by atoms with van der Waals surface area (Å²) in [7, 11) is 0. The van der Waals surface area contributed by atoms with Gasteiger partial charge in [0.25, 0.3) is 0 Å². The summed E-state index contributed by atoms with van der Waals surface area (Å²) >= 11 is 0. The lowest BCUT2D eigenvalue weighted by molar-refractivity contribution is -0.133. The summed E-state index contributed by atoms with van der Waals surface area (Å²) in [5.74, 6) is -0.471. The number of rotatable bonds is 3. The second kappa shape index (κ2) is 5.26. The minimum absolute atomic E-state index is 0.00456. The second-order valence-electron chi connectivity index (χ2n) is 4.47. The molecule has 1 aromatic heterocycles. The van der Waals surface area contributed by atoms with Gasteiger partial charge in [0.05, 0.1) is 0 Å². The number of hydrogen-bond acceptors (Lipinski definition) is 4. The van der Waals surface area contributed by atoms with Crippen molar-refractivity contribution in [2.24, 2.45) is 0 Å². The molecule has 19 heavy (non-hydrogen) atoms. The number of aromatic carboxylic acids is 1. The minimum Gasteiger partial charge on any atom is -0.477 e. The number of carbonyl (C=O) groups is 2. The van der Waals surface area contributed by atoms with Gasteiger partial charge in [0.1, 0.15) is 11.9 Å². The molecule has 0 radical (unpaired) electrons. The van der Waals surface area contributed by atoms with Crippen molar-refractivity contribution in [3.63, 3.8) is 0 Å². The first kappa shape index (κ1) is 13.3. The third-order valence-electron chi connectivity index (χ3n) is 3.38. The quantitative estimate of drug-likeness (QED) is 0.874. The van der Waals surface area contributed by atoms with Gasteiger partial charge in [0, 0.05) is 19.6 Å². The molecule has 0 aromatic carbocycles. The van der Waals surface area contributed by atoms with Crippen LogP contribution in [0.25, 0.3) is 0 Å². The molecule has 1 unspecified atom stereocenters. The second-order valence-corrected chi connectivity index (χ2v) is 4.47. The Kier molecular flexibility index (Phi) is 3.69. The Hall–Kier alpha value is -2.11. The van der Waals surface area contributed by atoms with Gasteiger partial charge in [0.2, 0.25) is 5.91 Å². The van der Waals surface area contributed by atoms with E-state index in [2.05, 4.69) is 4.98 Å². The van der Waals surface area contributed by atoms with E-state index < -0.39 is 5.97 Å². The fourth-order valence-electron chi connectivity index (χ4n) is 2.26. The predicted molar refractivity (Wildman–Crippen MR) is 70.3 cm³/mol. The Morgan fingerprint density at radius 2 is 2.21 bits per heavy atom. The van der Waals surface area contributed by atoms with E-state index in [1.165, 1.54) is 6.07 Å². The van der Waals surface area contributed by atoms with Gasteiger partial charge in [0.15, 0.2) is 5.69 Å². The molecule has 6 nitrogen and oxygen atoms in total. The number of piperazine rings is 1. The van der Waals surface area contributed by atoms with Crippen LogP contribution in [0.5, 0.6) is 0 Å². The van der Waals surface area contributed by atoms with E-state index >= 15 is 0 Å². The van der Waals surface area contributed by atoms with E-state index in [4.69, 9.17) is 5.11 Å². The number of hydrogen-bond donors (Lipinski definition) is 1. The van der Waals surface area contributed by atoms with Crippen molar-refractivity contribution in [2.75, 3.05) is 24.5 Å². The van der Waals surface area contributed by atoms with Crippen molar-refractivity contribution in [2.45, 2.75) is 19.9 Å². The number of carbonyl (C=O) groups excluding carboxylic acids is 1. The maximum atomic E-state index is 12.1. The molecule has 6 heteroatoms. The van der Waals surface area contributed by atoms with Crippen LogP contribution in [-0.4, -0.2) is 52.5 Å². The van der Waals surface area contributed by atoms with Crippen LogP contribution in [0.3, 0.4) is 0 Å². The molecule has 0 bridgehead atoms. The molecule has 1 N–H and O–H groups in total. The minimum atomic E-state index is -1.06. The van der Waals surface area contributed by atoms with E-state index in [0.29, 0.717) is 25.5 Å². The van der Waals surface area contributed by atoms with Gasteiger partial charge in [-0.1, -0.05) is 6.07 Å². The number of pyridine rings is 1. The van der Waals surface area contributed by atoms with Gasteiger partial charge < -0.3 is 14.9 Å². The van der Waals surface area contributed by atoms with Gasteiger partial charge in [-0.15, -0.1) is 0 Å². The molecule has 1 fully saturated rings. The van der Waals surface area contributed by atoms with Crippen molar-refractivity contribution in [3.05, 3.63) is 23.9 Å². The predicted octanol–water partition coefficient (Wildman–Crippen LogP) is 0.837. The van der Waals surface area contributed by atoms with E-state index in [-0.39, 0.29) is 17.6 Å². The number of carboxylic acid groups (broad SMARTS) is 1. The lowest BCUT2D eigenvalue weighted by atomic mass is 10.1. The molecule has 2 heterocycles. The summed E-state index contributed by atoms with van der Waals surface area (Å²) in [6, 6.07) is 4.51. The SMILES string of the molecule is CCN1CCN(c2cccc(C(=O)O)n2)C(C)C1=O. The normalized spacial score (nSPS) is 19.7. The summed E-state index contributed by atoms with van der Waals surface area (Å²) in [4.78, 5) is 30.8. The molecule has 1 aliphatic rings. The highest BCUT2D eigenvalue weighted by molar-refractivity contribution is 5.87. The van der Waals surface area contributed by atoms with Crippen LogP contribution in [0.4, 0.5) is 5.82 Å². The van der Waals surface area contributed by atoms with Crippen LogP contribution in [0.2, 0.25) is 0 Å². The number of aromatic nitrogens is 1. The number of carboxylic acids is 1. The zero-order valence-corrected chi connectivity index (χ0v) is 11.0. The van der Waals surface area contributed by atoms with Crippen molar-refractivity contribution in [1.82, 2.24) is 9.88 Å². The van der Waals surface area contributed by atoms with Crippen molar-refractivity contribution in [1.29, 1.82) is 0 Å². The van der Waals surface area contributed by atoms with Crippen LogP contribution in [0.1, 0.15) is 24.3 Å². The fraction of sp³-hybridized carbons (Fsp3) is 0.462. The van der Waals surface area contributed by atoms with Crippen LogP contribution in [0, 0.1) is 0 Å². The molecule has 0 spiro atoms. The largest absolute Gasteiger partial charge is 0.477 e. The highest BCUT2D eigenvalue weighted by Crippen LogP contribution is 2.19. The van der Waals surface area contributed by atoms with Gasteiger partial charge in [-0.05, 0) is 26.0 Å². The Morgan fingerprint density at radius 3 is 2.84 bits per heavy atom. The third kappa shape index (κ3) is 2.52. The number of nitrogens with zero attached hydrogens (tertiary/aromatic N) is 3. The summed E-state index contributed by atoms with van der Waals surface area (Å²) in [5.41, 5.74) is -0.00456. The van der Waals surface area contributed by atoms with Gasteiger partial charge >= 0.3 is 5.97 Å². The highest BCUT2D eigenvalue weighted by atomic mass is 16.4. The molecule has 1 amide bonds. The highest BCUT2D eigenvalue weighted by Gasteiger charge is 2.31. The monoisotopic (exact) mass is 263 g/mol. The number of likely N-dealkylation sites (N-methyl/N-ethyl adjacent to an activating group) is 1. The zero-order valence-electron chi connectivity index (χ0n) is 11.0. The van der Waals surface area contributed by atoms with Crippen molar-refractivity contribution in [3.8, 4) is 0 Å². The molecule has 1 aliphatic heterocycles. The van der Waals surface area contributed by atoms with Crippen LogP contribution in [0.15, 0.2) is 18.2 Å². The summed E-state index contributed by atoms with van der Waals surface area (Å²) < 4.78 is 0. The smallest absolute Gasteiger partial charge is 0.354 e. The molecule has 0 saturated carbocycles. The average molecular weight is 263 g/mol. The molecule has 102 valence electrons. The molecule has 1 aromatic rings. The molecule has 2 rings (SSSR count). The lowest BCUT2D eigenvalue weighted by Crippen LogP contribution is -2.56. The Labute approximate surface area is 111 Å². The van der Waals surface area contributed by atoms with Gasteiger partial charge in [-0.25, -0.2) is 9.78 Å². The summed E-state index contributed by atoms with van der Waals surface area (Å²) in [5, 5.41) is 8.95. The number of amides is 1. The van der Waals surface area contributed by atoms with Crippen molar-refractivity contribution < 1.29 is 14.7 Å². The first-order valence-corrected chi connectivity index (χ1v) is 6.30. The first-order valence-electron chi connectivity index (χ1n) is 6.30. The van der Waals surface area contributed by atoms with E-state index in [0.717, 1.165) is 0 Å². The fourth-order valence-corrected chi connectivity index (χ4v) is 2.26. The van der Waals surface area contributed by atoms with E-state index in [9.17, 15) is 9.59 Å². The topological polar surface area (TPSA) is 73.7 Å². The molecular weight excluding hydrogens is 246 g/mol. The maximum absolute atomic E-state index is 12.1. The number of anilines is 1. The van der Waals surface area contributed by atoms with Crippen LogP contribution >= 0.6 is 0 Å². The maximum Gasteiger partial charge on any atom is 0.354 e. The molecule has 0 aliphatic carbocycles. The average Bonchev–Trinajstić information content (AvgIpc) is 2.42. The Balaban J connectivity index is 2.25. The summed E-state index contributed by atoms with van der Waals surface area (Å²) in [6.07, 6.45) is 0. The molecule has 1 atom stereocenters. The van der Waals surface area contributed by atoms with Gasteiger partial charge in [-0.3, -0.25) is 4.79 Å². The summed E-state index contributed by atoms with van der Waals surface area (Å²) in [6.45, 7) is 5.76. The lowest BCUT2D eigenvalue weighted by Gasteiger charge is -2.39. The zero-order chi connectivity index (χ0) is 14.0. The Bertz CT molecular complexity index is 504. The third-order valence-corrected chi connectivity index (χ3v) is 3.38. The molecular formula is C13H17N3O3. The molecule has 1 saturated heterocycles. The Morgan fingerprint density at radius 1 is 1.47 bits per heavy atom.